The lowest BCUT2D eigenvalue weighted by Gasteiger charge is -2.28. The van der Waals surface area contributed by atoms with E-state index < -0.39 is 0 Å². The van der Waals surface area contributed by atoms with E-state index >= 15 is 0 Å². The number of hydrogen-bond acceptors (Lipinski definition) is 4. The number of hydrogen-bond donors (Lipinski definition) is 1. The highest BCUT2D eigenvalue weighted by Crippen LogP contribution is 2.28. The van der Waals surface area contributed by atoms with Gasteiger partial charge in [-0.3, -0.25) is 14.5 Å². The van der Waals surface area contributed by atoms with Crippen LogP contribution in [0.3, 0.4) is 0 Å². The van der Waals surface area contributed by atoms with Crippen LogP contribution in [0.4, 0.5) is 0 Å². The fraction of sp³-hybridized carbons (Fsp3) is 0.812. The van der Waals surface area contributed by atoms with Gasteiger partial charge in [-0.15, -0.1) is 0 Å². The van der Waals surface area contributed by atoms with E-state index in [1.807, 2.05) is 0 Å². The Morgan fingerprint density at radius 1 is 1.29 bits per heavy atom. The van der Waals surface area contributed by atoms with Crippen LogP contribution in [0.1, 0.15) is 37.4 Å². The Balaban J connectivity index is 1.42. The maximum atomic E-state index is 4.78. The minimum Gasteiger partial charge on any atom is -0.314 e. The van der Waals surface area contributed by atoms with Crippen molar-refractivity contribution < 1.29 is 0 Å². The smallest absolute Gasteiger partial charge is 0.0764 e. The van der Waals surface area contributed by atoms with Crippen LogP contribution in [0.5, 0.6) is 0 Å². The standard InChI is InChI=1S/C16H29N5/c1-19(12-13-20-10-7-17-8-11-20)14-15-6-9-21(18-15)16-4-2-3-5-16/h6,9,16-17H,2-5,7-8,10-14H2,1H3. The van der Waals surface area contributed by atoms with Gasteiger partial charge in [0.15, 0.2) is 0 Å². The molecule has 1 aliphatic heterocycles. The summed E-state index contributed by atoms with van der Waals surface area (Å²) in [5.41, 5.74) is 1.21. The second kappa shape index (κ2) is 7.38. The SMILES string of the molecule is CN(CCN1CCNCC1)Cc1ccn(C2CCCC2)n1. The lowest BCUT2D eigenvalue weighted by atomic mass is 10.3. The summed E-state index contributed by atoms with van der Waals surface area (Å²) in [5.74, 6) is 0. The fourth-order valence-electron chi connectivity index (χ4n) is 3.44. The van der Waals surface area contributed by atoms with Crippen molar-refractivity contribution in [2.45, 2.75) is 38.3 Å². The Labute approximate surface area is 128 Å². The number of aromatic nitrogens is 2. The summed E-state index contributed by atoms with van der Waals surface area (Å²) < 4.78 is 2.20. The molecule has 0 bridgehead atoms. The number of nitrogens with zero attached hydrogens (tertiary/aromatic N) is 4. The van der Waals surface area contributed by atoms with Crippen molar-refractivity contribution in [2.24, 2.45) is 0 Å². The molecule has 1 aliphatic carbocycles. The molecule has 0 unspecified atom stereocenters. The minimum absolute atomic E-state index is 0.657. The van der Waals surface area contributed by atoms with Gasteiger partial charge in [-0.1, -0.05) is 12.8 Å². The first-order chi connectivity index (χ1) is 10.3. The van der Waals surface area contributed by atoms with Gasteiger partial charge in [0.1, 0.15) is 0 Å². The molecule has 5 heteroatoms. The third kappa shape index (κ3) is 4.28. The molecule has 2 heterocycles. The molecule has 118 valence electrons. The molecule has 3 rings (SSSR count). The average Bonchev–Trinajstić information content (AvgIpc) is 3.17. The van der Waals surface area contributed by atoms with E-state index in [2.05, 4.69) is 39.1 Å². The van der Waals surface area contributed by atoms with Crippen LogP contribution in [0.25, 0.3) is 0 Å². The zero-order valence-electron chi connectivity index (χ0n) is 13.3. The van der Waals surface area contributed by atoms with Crippen molar-refractivity contribution >= 4 is 0 Å². The van der Waals surface area contributed by atoms with Crippen LogP contribution >= 0.6 is 0 Å². The first-order valence-corrected chi connectivity index (χ1v) is 8.47. The molecule has 0 radical (unpaired) electrons. The molecular weight excluding hydrogens is 262 g/mol. The Hall–Kier alpha value is -0.910. The molecule has 5 nitrogen and oxygen atoms in total. The van der Waals surface area contributed by atoms with E-state index in [4.69, 9.17) is 5.10 Å². The van der Waals surface area contributed by atoms with Gasteiger partial charge in [0.05, 0.1) is 11.7 Å². The molecular formula is C16H29N5. The van der Waals surface area contributed by atoms with E-state index in [9.17, 15) is 0 Å². The number of rotatable bonds is 6. The van der Waals surface area contributed by atoms with Crippen LogP contribution in [0, 0.1) is 0 Å². The molecule has 1 aromatic heterocycles. The Kier molecular flexibility index (Phi) is 5.27. The monoisotopic (exact) mass is 291 g/mol. The molecule has 2 fully saturated rings. The third-order valence-corrected chi connectivity index (χ3v) is 4.80. The molecule has 0 spiro atoms. The minimum atomic E-state index is 0.657. The van der Waals surface area contributed by atoms with Crippen LogP contribution in [0.15, 0.2) is 12.3 Å². The van der Waals surface area contributed by atoms with Crippen molar-refractivity contribution in [2.75, 3.05) is 46.3 Å². The quantitative estimate of drug-likeness (QED) is 0.858. The summed E-state index contributed by atoms with van der Waals surface area (Å²) in [6, 6.07) is 2.85. The van der Waals surface area contributed by atoms with E-state index in [0.717, 1.165) is 26.2 Å². The Morgan fingerprint density at radius 2 is 2.05 bits per heavy atom. The maximum Gasteiger partial charge on any atom is 0.0764 e. The zero-order chi connectivity index (χ0) is 14.5. The maximum absolute atomic E-state index is 4.78. The average molecular weight is 291 g/mol. The van der Waals surface area contributed by atoms with E-state index in [-0.39, 0.29) is 0 Å². The molecule has 1 saturated carbocycles. The highest BCUT2D eigenvalue weighted by molar-refractivity contribution is 5.00. The van der Waals surface area contributed by atoms with Gasteiger partial charge in [-0.05, 0) is 26.0 Å². The van der Waals surface area contributed by atoms with Crippen molar-refractivity contribution in [3.63, 3.8) is 0 Å². The fourth-order valence-corrected chi connectivity index (χ4v) is 3.44. The molecule has 1 saturated heterocycles. The highest BCUT2D eigenvalue weighted by Gasteiger charge is 2.18. The molecule has 2 aliphatic rings. The summed E-state index contributed by atoms with van der Waals surface area (Å²) in [6.07, 6.45) is 7.52. The highest BCUT2D eigenvalue weighted by atomic mass is 15.3. The summed E-state index contributed by atoms with van der Waals surface area (Å²) >= 11 is 0. The predicted octanol–water partition coefficient (Wildman–Crippen LogP) is 1.34. The molecule has 0 atom stereocenters. The Morgan fingerprint density at radius 3 is 2.81 bits per heavy atom. The second-order valence-electron chi connectivity index (χ2n) is 6.55. The molecule has 0 amide bonds. The van der Waals surface area contributed by atoms with E-state index in [1.165, 1.54) is 51.0 Å². The molecule has 1 N–H and O–H groups in total. The summed E-state index contributed by atoms with van der Waals surface area (Å²) in [7, 11) is 2.21. The Bertz CT molecular complexity index is 418. The lowest BCUT2D eigenvalue weighted by Crippen LogP contribution is -2.45. The van der Waals surface area contributed by atoms with Gasteiger partial charge in [-0.2, -0.15) is 5.10 Å². The first kappa shape index (κ1) is 15.0. The van der Waals surface area contributed by atoms with Crippen molar-refractivity contribution in [1.82, 2.24) is 24.9 Å². The van der Waals surface area contributed by atoms with Gasteiger partial charge in [0, 0.05) is 52.0 Å². The normalized spacial score (nSPS) is 21.4. The largest absolute Gasteiger partial charge is 0.314 e. The third-order valence-electron chi connectivity index (χ3n) is 4.80. The van der Waals surface area contributed by atoms with Gasteiger partial charge in [0.25, 0.3) is 0 Å². The van der Waals surface area contributed by atoms with E-state index in [0.29, 0.717) is 6.04 Å². The number of nitrogens with one attached hydrogen (secondary N) is 1. The van der Waals surface area contributed by atoms with Crippen LogP contribution in [-0.4, -0.2) is 65.9 Å². The molecule has 21 heavy (non-hydrogen) atoms. The van der Waals surface area contributed by atoms with Crippen molar-refractivity contribution in [3.05, 3.63) is 18.0 Å². The summed E-state index contributed by atoms with van der Waals surface area (Å²) in [5, 5.41) is 8.18. The van der Waals surface area contributed by atoms with Crippen LogP contribution < -0.4 is 5.32 Å². The number of likely N-dealkylation sites (N-methyl/N-ethyl adjacent to an activating group) is 1. The van der Waals surface area contributed by atoms with E-state index in [1.54, 1.807) is 0 Å². The van der Waals surface area contributed by atoms with Gasteiger partial charge < -0.3 is 5.32 Å². The molecule has 0 aromatic carbocycles. The topological polar surface area (TPSA) is 36.3 Å². The van der Waals surface area contributed by atoms with Crippen molar-refractivity contribution in [3.8, 4) is 0 Å². The van der Waals surface area contributed by atoms with Crippen LogP contribution in [0.2, 0.25) is 0 Å². The lowest BCUT2D eigenvalue weighted by molar-refractivity contribution is 0.201. The summed E-state index contributed by atoms with van der Waals surface area (Å²) in [4.78, 5) is 4.94. The number of piperazine rings is 1. The van der Waals surface area contributed by atoms with Crippen LogP contribution in [-0.2, 0) is 6.54 Å². The second-order valence-corrected chi connectivity index (χ2v) is 6.55. The summed E-state index contributed by atoms with van der Waals surface area (Å²) in [6.45, 7) is 7.89. The van der Waals surface area contributed by atoms with Gasteiger partial charge >= 0.3 is 0 Å². The van der Waals surface area contributed by atoms with Gasteiger partial charge in [0.2, 0.25) is 0 Å². The predicted molar refractivity (Wildman–Crippen MR) is 85.4 cm³/mol. The zero-order valence-corrected chi connectivity index (χ0v) is 13.3. The molecule has 1 aromatic rings. The first-order valence-electron chi connectivity index (χ1n) is 8.47. The van der Waals surface area contributed by atoms with Gasteiger partial charge in [-0.25, -0.2) is 0 Å². The van der Waals surface area contributed by atoms with Crippen molar-refractivity contribution in [1.29, 1.82) is 0 Å².